The smallest absolute Gasteiger partial charge is 0.215 e. The zero-order valence-electron chi connectivity index (χ0n) is 11.9. The molecule has 1 aliphatic heterocycles. The zero-order chi connectivity index (χ0) is 15.2. The molecule has 0 amide bonds. The van der Waals surface area contributed by atoms with Gasteiger partial charge < -0.3 is 0 Å². The number of rotatable bonds is 5. The van der Waals surface area contributed by atoms with Gasteiger partial charge in [-0.2, -0.15) is 5.10 Å². The lowest BCUT2D eigenvalue weighted by molar-refractivity contribution is 0.106. The Bertz CT molecular complexity index is 711. The largest absolute Gasteiger partial charge is 0.287 e. The van der Waals surface area contributed by atoms with Crippen LogP contribution in [-0.2, 0) is 0 Å². The quantitative estimate of drug-likeness (QED) is 0.522. The number of para-hydroxylation sites is 1. The van der Waals surface area contributed by atoms with Gasteiger partial charge in [-0.05, 0) is 12.1 Å². The summed E-state index contributed by atoms with van der Waals surface area (Å²) in [5.74, 6) is 0.777. The molecule has 1 aliphatic rings. The van der Waals surface area contributed by atoms with Crippen molar-refractivity contribution in [3.63, 3.8) is 0 Å². The lowest BCUT2D eigenvalue weighted by Gasteiger charge is -2.06. The Kier molecular flexibility index (Phi) is 4.65. The van der Waals surface area contributed by atoms with Crippen LogP contribution < -0.4 is 5.43 Å². The highest BCUT2D eigenvalue weighted by Gasteiger charge is 2.23. The van der Waals surface area contributed by atoms with E-state index in [0.29, 0.717) is 16.3 Å². The van der Waals surface area contributed by atoms with Crippen LogP contribution in [0.4, 0.5) is 5.69 Å². The van der Waals surface area contributed by atoms with Crippen LogP contribution in [0.1, 0.15) is 10.4 Å². The van der Waals surface area contributed by atoms with Gasteiger partial charge in [-0.15, -0.1) is 11.8 Å². The van der Waals surface area contributed by atoms with Crippen molar-refractivity contribution in [3.05, 3.63) is 66.2 Å². The Morgan fingerprint density at radius 3 is 2.36 bits per heavy atom. The third kappa shape index (κ3) is 3.43. The SMILES string of the molecule is O=C(/C(=N\Nc1ccccc1)C1=NCCS1)c1ccccc1. The molecule has 4 nitrogen and oxygen atoms in total. The van der Waals surface area contributed by atoms with Crippen molar-refractivity contribution in [2.24, 2.45) is 10.1 Å². The summed E-state index contributed by atoms with van der Waals surface area (Å²) in [5, 5.41) is 5.02. The van der Waals surface area contributed by atoms with Crippen LogP contribution >= 0.6 is 11.8 Å². The molecular weight excluding hydrogens is 294 g/mol. The number of nitrogens with zero attached hydrogens (tertiary/aromatic N) is 2. The molecule has 3 rings (SSSR count). The van der Waals surface area contributed by atoms with Crippen molar-refractivity contribution >= 4 is 34.0 Å². The molecule has 1 heterocycles. The van der Waals surface area contributed by atoms with Gasteiger partial charge in [0.15, 0.2) is 5.71 Å². The molecule has 5 heteroatoms. The molecule has 0 unspecified atom stereocenters. The number of hydrogen-bond acceptors (Lipinski definition) is 5. The molecule has 2 aromatic carbocycles. The van der Waals surface area contributed by atoms with Crippen LogP contribution in [0.3, 0.4) is 0 Å². The standard InChI is InChI=1S/C17H15N3OS/c21-16(13-7-3-1-4-8-13)15(17-18-11-12-22-17)20-19-14-9-5-2-6-10-14/h1-10,19H,11-12H2/b20-15+. The number of carbonyl (C=O) groups is 1. The summed E-state index contributed by atoms with van der Waals surface area (Å²) in [6.07, 6.45) is 0. The maximum atomic E-state index is 12.7. The van der Waals surface area contributed by atoms with E-state index >= 15 is 0 Å². The van der Waals surface area contributed by atoms with Crippen molar-refractivity contribution in [1.29, 1.82) is 0 Å². The van der Waals surface area contributed by atoms with Gasteiger partial charge in [0.1, 0.15) is 5.04 Å². The van der Waals surface area contributed by atoms with Gasteiger partial charge in [0.2, 0.25) is 5.78 Å². The van der Waals surface area contributed by atoms with E-state index in [-0.39, 0.29) is 5.78 Å². The van der Waals surface area contributed by atoms with Crippen molar-refractivity contribution in [1.82, 2.24) is 0 Å². The van der Waals surface area contributed by atoms with Crippen molar-refractivity contribution < 1.29 is 4.79 Å². The number of nitrogens with one attached hydrogen (secondary N) is 1. The Labute approximate surface area is 133 Å². The fraction of sp³-hybridized carbons (Fsp3) is 0.118. The summed E-state index contributed by atoms with van der Waals surface area (Å²) in [6, 6.07) is 18.7. The number of anilines is 1. The Balaban J connectivity index is 1.89. The molecule has 1 N–H and O–H groups in total. The maximum absolute atomic E-state index is 12.7. The number of benzene rings is 2. The molecule has 0 spiro atoms. The molecule has 2 aromatic rings. The van der Waals surface area contributed by atoms with Crippen LogP contribution in [0.2, 0.25) is 0 Å². The van der Waals surface area contributed by atoms with Crippen LogP contribution in [0.5, 0.6) is 0 Å². The number of hydrogen-bond donors (Lipinski definition) is 1. The van der Waals surface area contributed by atoms with E-state index in [1.165, 1.54) is 0 Å². The number of Topliss-reactive ketones (excluding diaryl/α,β-unsaturated/α-hetero) is 1. The second-order valence-electron chi connectivity index (χ2n) is 4.67. The van der Waals surface area contributed by atoms with Gasteiger partial charge in [-0.3, -0.25) is 15.2 Å². The van der Waals surface area contributed by atoms with Gasteiger partial charge in [-0.1, -0.05) is 48.5 Å². The minimum Gasteiger partial charge on any atom is -0.287 e. The number of thioether (sulfide) groups is 1. The number of carbonyl (C=O) groups excluding carboxylic acids is 1. The normalized spacial score (nSPS) is 14.5. The van der Waals surface area contributed by atoms with Crippen molar-refractivity contribution in [3.8, 4) is 0 Å². The van der Waals surface area contributed by atoms with E-state index in [9.17, 15) is 4.79 Å². The summed E-state index contributed by atoms with van der Waals surface area (Å²) in [6.45, 7) is 0.729. The van der Waals surface area contributed by atoms with Gasteiger partial charge in [0, 0.05) is 17.9 Å². The highest BCUT2D eigenvalue weighted by atomic mass is 32.2. The van der Waals surface area contributed by atoms with Crippen LogP contribution in [-0.4, -0.2) is 28.8 Å². The van der Waals surface area contributed by atoms with E-state index in [1.807, 2.05) is 48.5 Å². The molecule has 0 bridgehead atoms. The number of ketones is 1. The van der Waals surface area contributed by atoms with E-state index in [4.69, 9.17) is 0 Å². The number of hydrazone groups is 1. The topological polar surface area (TPSA) is 53.8 Å². The minimum atomic E-state index is -0.114. The monoisotopic (exact) mass is 309 g/mol. The minimum absolute atomic E-state index is 0.114. The lowest BCUT2D eigenvalue weighted by atomic mass is 10.1. The first-order valence-electron chi connectivity index (χ1n) is 7.01. The average Bonchev–Trinajstić information content (AvgIpc) is 3.11. The zero-order valence-corrected chi connectivity index (χ0v) is 12.7. The van der Waals surface area contributed by atoms with E-state index < -0.39 is 0 Å². The first-order chi connectivity index (χ1) is 10.8. The lowest BCUT2D eigenvalue weighted by Crippen LogP contribution is -2.23. The molecular formula is C17H15N3OS. The Morgan fingerprint density at radius 2 is 1.73 bits per heavy atom. The molecule has 110 valence electrons. The molecule has 0 radical (unpaired) electrons. The predicted molar refractivity (Wildman–Crippen MR) is 93.0 cm³/mol. The van der Waals surface area contributed by atoms with Crippen LogP contribution in [0.25, 0.3) is 0 Å². The van der Waals surface area contributed by atoms with Crippen LogP contribution in [0.15, 0.2) is 70.8 Å². The first kappa shape index (κ1) is 14.5. The highest BCUT2D eigenvalue weighted by Crippen LogP contribution is 2.16. The molecule has 0 saturated heterocycles. The van der Waals surface area contributed by atoms with Gasteiger partial charge in [0.25, 0.3) is 0 Å². The fourth-order valence-corrected chi connectivity index (χ4v) is 2.87. The Hall–Kier alpha value is -2.40. The summed E-state index contributed by atoms with van der Waals surface area (Å²) in [4.78, 5) is 17.1. The molecule has 0 atom stereocenters. The summed E-state index contributed by atoms with van der Waals surface area (Å²) in [7, 11) is 0. The van der Waals surface area contributed by atoms with Gasteiger partial charge in [-0.25, -0.2) is 0 Å². The summed E-state index contributed by atoms with van der Waals surface area (Å²) in [5.41, 5.74) is 4.77. The average molecular weight is 309 g/mol. The van der Waals surface area contributed by atoms with E-state index in [0.717, 1.165) is 18.0 Å². The predicted octanol–water partition coefficient (Wildman–Crippen LogP) is 3.48. The highest BCUT2D eigenvalue weighted by molar-refractivity contribution is 8.16. The fourth-order valence-electron chi connectivity index (χ4n) is 2.03. The third-order valence-electron chi connectivity index (χ3n) is 3.11. The van der Waals surface area contributed by atoms with Crippen molar-refractivity contribution in [2.45, 2.75) is 0 Å². The molecule has 0 aromatic heterocycles. The summed E-state index contributed by atoms with van der Waals surface area (Å²) >= 11 is 1.57. The molecule has 0 aliphatic carbocycles. The molecule has 0 fully saturated rings. The molecule has 22 heavy (non-hydrogen) atoms. The number of aliphatic imine (C=N–C) groups is 1. The third-order valence-corrected chi connectivity index (χ3v) is 4.09. The van der Waals surface area contributed by atoms with Crippen molar-refractivity contribution in [2.75, 3.05) is 17.7 Å². The molecule has 0 saturated carbocycles. The second-order valence-corrected chi connectivity index (χ2v) is 5.75. The second kappa shape index (κ2) is 7.04. The summed E-state index contributed by atoms with van der Waals surface area (Å²) < 4.78 is 0. The van der Waals surface area contributed by atoms with E-state index in [2.05, 4.69) is 15.5 Å². The first-order valence-corrected chi connectivity index (χ1v) is 7.99. The van der Waals surface area contributed by atoms with E-state index in [1.54, 1.807) is 23.9 Å². The Morgan fingerprint density at radius 1 is 1.05 bits per heavy atom. The van der Waals surface area contributed by atoms with Crippen LogP contribution in [0, 0.1) is 0 Å². The maximum Gasteiger partial charge on any atom is 0.215 e. The van der Waals surface area contributed by atoms with Gasteiger partial charge >= 0.3 is 0 Å². The van der Waals surface area contributed by atoms with Gasteiger partial charge in [0.05, 0.1) is 5.69 Å².